The maximum atomic E-state index is 11.8. The lowest BCUT2D eigenvalue weighted by Crippen LogP contribution is -2.54. The van der Waals surface area contributed by atoms with E-state index in [0.29, 0.717) is 5.92 Å². The van der Waals surface area contributed by atoms with E-state index in [1.165, 1.54) is 0 Å². The van der Waals surface area contributed by atoms with Crippen LogP contribution in [0.3, 0.4) is 0 Å². The molecule has 1 atom stereocenters. The van der Waals surface area contributed by atoms with Gasteiger partial charge in [0.1, 0.15) is 0 Å². The van der Waals surface area contributed by atoms with Crippen LogP contribution >= 0.6 is 0 Å². The molecule has 2 fully saturated rings. The highest BCUT2D eigenvalue weighted by Gasteiger charge is 2.34. The largest absolute Gasteiger partial charge is 0.396 e. The first-order valence-corrected chi connectivity index (χ1v) is 5.41. The SMILES string of the molecule is O=C([C@@H]1CCCNC1)N1CC(CO)C1. The molecule has 80 valence electrons. The van der Waals surface area contributed by atoms with Gasteiger partial charge in [0, 0.05) is 32.2 Å². The number of nitrogens with one attached hydrogen (secondary N) is 1. The van der Waals surface area contributed by atoms with Crippen molar-refractivity contribution in [2.45, 2.75) is 12.8 Å². The maximum Gasteiger partial charge on any atom is 0.226 e. The molecule has 2 heterocycles. The molecule has 0 spiro atoms. The highest BCUT2D eigenvalue weighted by molar-refractivity contribution is 5.80. The van der Waals surface area contributed by atoms with Gasteiger partial charge in [-0.05, 0) is 19.4 Å². The molecular formula is C10H18N2O2. The van der Waals surface area contributed by atoms with Gasteiger partial charge in [0.15, 0.2) is 0 Å². The summed E-state index contributed by atoms with van der Waals surface area (Å²) in [6.07, 6.45) is 2.12. The molecule has 0 unspecified atom stereocenters. The Hall–Kier alpha value is -0.610. The smallest absolute Gasteiger partial charge is 0.226 e. The molecule has 4 nitrogen and oxygen atoms in total. The number of carbonyl (C=O) groups excluding carboxylic acids is 1. The van der Waals surface area contributed by atoms with Crippen molar-refractivity contribution in [1.82, 2.24) is 10.2 Å². The molecular weight excluding hydrogens is 180 g/mol. The fourth-order valence-corrected chi connectivity index (χ4v) is 2.19. The summed E-state index contributed by atoms with van der Waals surface area (Å²) in [7, 11) is 0. The number of rotatable bonds is 2. The number of nitrogens with zero attached hydrogens (tertiary/aromatic N) is 1. The molecule has 0 bridgehead atoms. The molecule has 2 N–H and O–H groups in total. The third-order valence-corrected chi connectivity index (χ3v) is 3.17. The lowest BCUT2D eigenvalue weighted by molar-refractivity contribution is -0.143. The van der Waals surface area contributed by atoms with Crippen LogP contribution in [0.15, 0.2) is 0 Å². The minimum atomic E-state index is 0.184. The molecule has 2 rings (SSSR count). The average molecular weight is 198 g/mol. The van der Waals surface area contributed by atoms with Gasteiger partial charge in [0.05, 0.1) is 5.92 Å². The number of aliphatic hydroxyl groups excluding tert-OH is 1. The number of aliphatic hydroxyl groups is 1. The topological polar surface area (TPSA) is 52.6 Å². The Balaban J connectivity index is 1.78. The van der Waals surface area contributed by atoms with Crippen LogP contribution in [0.1, 0.15) is 12.8 Å². The van der Waals surface area contributed by atoms with Gasteiger partial charge in [-0.25, -0.2) is 0 Å². The molecule has 0 aromatic rings. The van der Waals surface area contributed by atoms with E-state index in [-0.39, 0.29) is 18.4 Å². The van der Waals surface area contributed by atoms with Crippen molar-refractivity contribution < 1.29 is 9.90 Å². The van der Waals surface area contributed by atoms with Crippen LogP contribution in [-0.4, -0.2) is 48.7 Å². The number of hydrogen-bond donors (Lipinski definition) is 2. The predicted molar refractivity (Wildman–Crippen MR) is 52.7 cm³/mol. The summed E-state index contributed by atoms with van der Waals surface area (Å²) in [6, 6.07) is 0. The third kappa shape index (κ3) is 1.91. The van der Waals surface area contributed by atoms with Crippen LogP contribution in [-0.2, 0) is 4.79 Å². The molecule has 2 aliphatic rings. The molecule has 14 heavy (non-hydrogen) atoms. The first-order chi connectivity index (χ1) is 6.81. The van der Waals surface area contributed by atoms with Gasteiger partial charge < -0.3 is 15.3 Å². The fraction of sp³-hybridized carbons (Fsp3) is 0.900. The van der Waals surface area contributed by atoms with E-state index in [0.717, 1.165) is 39.0 Å². The average Bonchev–Trinajstić information content (AvgIpc) is 2.17. The molecule has 4 heteroatoms. The second-order valence-electron chi connectivity index (χ2n) is 4.34. The highest BCUT2D eigenvalue weighted by atomic mass is 16.3. The number of likely N-dealkylation sites (tertiary alicyclic amines) is 1. The number of hydrogen-bond acceptors (Lipinski definition) is 3. The van der Waals surface area contributed by atoms with Gasteiger partial charge >= 0.3 is 0 Å². The third-order valence-electron chi connectivity index (χ3n) is 3.17. The van der Waals surface area contributed by atoms with E-state index in [1.807, 2.05) is 4.90 Å². The Labute approximate surface area is 84.3 Å². The van der Waals surface area contributed by atoms with Crippen molar-refractivity contribution in [1.29, 1.82) is 0 Å². The van der Waals surface area contributed by atoms with E-state index in [4.69, 9.17) is 5.11 Å². The molecule has 0 radical (unpaired) electrons. The minimum Gasteiger partial charge on any atom is -0.396 e. The quantitative estimate of drug-likeness (QED) is 0.625. The molecule has 2 saturated heterocycles. The van der Waals surface area contributed by atoms with E-state index in [2.05, 4.69) is 5.32 Å². The molecule has 0 saturated carbocycles. The second-order valence-corrected chi connectivity index (χ2v) is 4.34. The summed E-state index contributed by atoms with van der Waals surface area (Å²) >= 11 is 0. The van der Waals surface area contributed by atoms with Crippen LogP contribution < -0.4 is 5.32 Å². The van der Waals surface area contributed by atoms with Crippen molar-refractivity contribution in [3.05, 3.63) is 0 Å². The lowest BCUT2D eigenvalue weighted by atomic mass is 9.94. The second kappa shape index (κ2) is 4.28. The predicted octanol–water partition coefficient (Wildman–Crippen LogP) is -0.563. The van der Waals surface area contributed by atoms with E-state index >= 15 is 0 Å². The van der Waals surface area contributed by atoms with Crippen LogP contribution in [0.5, 0.6) is 0 Å². The number of amides is 1. The maximum absolute atomic E-state index is 11.8. The van der Waals surface area contributed by atoms with Gasteiger partial charge in [-0.2, -0.15) is 0 Å². The molecule has 1 amide bonds. The highest BCUT2D eigenvalue weighted by Crippen LogP contribution is 2.20. The van der Waals surface area contributed by atoms with Gasteiger partial charge in [0.25, 0.3) is 0 Å². The van der Waals surface area contributed by atoms with E-state index in [9.17, 15) is 4.79 Å². The molecule has 0 aromatic carbocycles. The van der Waals surface area contributed by atoms with Crippen molar-refractivity contribution >= 4 is 5.91 Å². The van der Waals surface area contributed by atoms with Gasteiger partial charge in [-0.3, -0.25) is 4.79 Å². The summed E-state index contributed by atoms with van der Waals surface area (Å²) in [5.41, 5.74) is 0. The zero-order valence-corrected chi connectivity index (χ0v) is 8.41. The first-order valence-electron chi connectivity index (χ1n) is 5.41. The van der Waals surface area contributed by atoms with E-state index < -0.39 is 0 Å². The van der Waals surface area contributed by atoms with Crippen molar-refractivity contribution in [3.8, 4) is 0 Å². The monoisotopic (exact) mass is 198 g/mol. The Morgan fingerprint density at radius 2 is 2.29 bits per heavy atom. The summed E-state index contributed by atoms with van der Waals surface area (Å²) in [4.78, 5) is 13.7. The lowest BCUT2D eigenvalue weighted by Gasteiger charge is -2.40. The van der Waals surface area contributed by atoms with Crippen LogP contribution in [0, 0.1) is 11.8 Å². The van der Waals surface area contributed by atoms with Crippen LogP contribution in [0.2, 0.25) is 0 Å². The Bertz CT molecular complexity index is 208. The van der Waals surface area contributed by atoms with Crippen LogP contribution in [0.25, 0.3) is 0 Å². The van der Waals surface area contributed by atoms with E-state index in [1.54, 1.807) is 0 Å². The summed E-state index contributed by atoms with van der Waals surface area (Å²) in [5.74, 6) is 0.792. The van der Waals surface area contributed by atoms with Gasteiger partial charge in [-0.15, -0.1) is 0 Å². The standard InChI is InChI=1S/C10H18N2O2/c13-7-8-5-12(6-8)10(14)9-2-1-3-11-4-9/h8-9,11,13H,1-7H2/t9-/m1/s1. The summed E-state index contributed by atoms with van der Waals surface area (Å²) in [6.45, 7) is 3.60. The first kappa shape index (κ1) is 9.93. The molecule has 2 aliphatic heterocycles. The fourth-order valence-electron chi connectivity index (χ4n) is 2.19. The Morgan fingerprint density at radius 1 is 1.50 bits per heavy atom. The minimum absolute atomic E-state index is 0.184. The summed E-state index contributed by atoms with van der Waals surface area (Å²) < 4.78 is 0. The Morgan fingerprint density at radius 3 is 2.86 bits per heavy atom. The normalized spacial score (nSPS) is 28.6. The molecule has 0 aromatic heterocycles. The van der Waals surface area contributed by atoms with Crippen LogP contribution in [0.4, 0.5) is 0 Å². The number of carbonyl (C=O) groups is 1. The van der Waals surface area contributed by atoms with Gasteiger partial charge in [-0.1, -0.05) is 0 Å². The van der Waals surface area contributed by atoms with Crippen molar-refractivity contribution in [2.24, 2.45) is 11.8 Å². The Kier molecular flexibility index (Phi) is 3.03. The summed E-state index contributed by atoms with van der Waals surface area (Å²) in [5, 5.41) is 12.1. The molecule has 0 aliphatic carbocycles. The van der Waals surface area contributed by atoms with Crippen molar-refractivity contribution in [2.75, 3.05) is 32.8 Å². The van der Waals surface area contributed by atoms with Crippen molar-refractivity contribution in [3.63, 3.8) is 0 Å². The number of piperidine rings is 1. The van der Waals surface area contributed by atoms with Gasteiger partial charge in [0.2, 0.25) is 5.91 Å². The zero-order valence-electron chi connectivity index (χ0n) is 8.41. The zero-order chi connectivity index (χ0) is 9.97.